The molecular weight excluding hydrogens is 226 g/mol. The van der Waals surface area contributed by atoms with Crippen molar-refractivity contribution in [2.45, 2.75) is 12.5 Å². The van der Waals surface area contributed by atoms with E-state index in [2.05, 4.69) is 0 Å². The van der Waals surface area contributed by atoms with Gasteiger partial charge in [0.05, 0.1) is 24.7 Å². The zero-order valence-corrected chi connectivity index (χ0v) is 9.63. The predicted octanol–water partition coefficient (Wildman–Crippen LogP) is 1.77. The van der Waals surface area contributed by atoms with Gasteiger partial charge in [-0.05, 0) is 19.1 Å². The smallest absolute Gasteiger partial charge is 0.314 e. The van der Waals surface area contributed by atoms with Crippen molar-refractivity contribution in [1.82, 2.24) is 0 Å². The van der Waals surface area contributed by atoms with Gasteiger partial charge in [0.2, 0.25) is 0 Å². The molecule has 1 aromatic carbocycles. The molecule has 0 spiro atoms. The number of rotatable bonds is 5. The molecule has 1 aliphatic rings. The van der Waals surface area contributed by atoms with Gasteiger partial charge >= 0.3 is 5.69 Å². The average Bonchev–Trinajstić information content (AvgIpc) is 3.05. The molecule has 17 heavy (non-hydrogen) atoms. The lowest BCUT2D eigenvalue weighted by molar-refractivity contribution is -0.386. The molecule has 0 radical (unpaired) electrons. The van der Waals surface area contributed by atoms with Crippen LogP contribution in [-0.4, -0.2) is 30.8 Å². The number of methoxy groups -OCH3 is 1. The number of epoxide rings is 1. The van der Waals surface area contributed by atoms with Crippen molar-refractivity contribution in [3.05, 3.63) is 28.3 Å². The van der Waals surface area contributed by atoms with E-state index in [1.54, 1.807) is 6.07 Å². The molecule has 1 atom stereocenters. The van der Waals surface area contributed by atoms with Crippen LogP contribution >= 0.6 is 0 Å². The molecule has 0 N–H and O–H groups in total. The van der Waals surface area contributed by atoms with Crippen LogP contribution in [0.15, 0.2) is 18.2 Å². The second-order valence-electron chi connectivity index (χ2n) is 4.12. The number of hydrogen-bond acceptors (Lipinski definition) is 5. The Morgan fingerprint density at radius 3 is 2.82 bits per heavy atom. The SMILES string of the molecule is COc1ccc(OCC2(C)CO2)c([N+](=O)[O-])c1. The highest BCUT2D eigenvalue weighted by atomic mass is 16.6. The monoisotopic (exact) mass is 239 g/mol. The first-order valence-corrected chi connectivity index (χ1v) is 5.13. The third kappa shape index (κ3) is 2.65. The number of ether oxygens (including phenoxy) is 3. The lowest BCUT2D eigenvalue weighted by Crippen LogP contribution is -2.17. The first-order valence-electron chi connectivity index (χ1n) is 5.13. The first-order chi connectivity index (χ1) is 8.04. The zero-order chi connectivity index (χ0) is 12.5. The summed E-state index contributed by atoms with van der Waals surface area (Å²) in [4.78, 5) is 10.4. The number of nitro groups is 1. The summed E-state index contributed by atoms with van der Waals surface area (Å²) in [6.07, 6.45) is 0. The maximum atomic E-state index is 10.9. The van der Waals surface area contributed by atoms with Gasteiger partial charge in [-0.3, -0.25) is 10.1 Å². The fourth-order valence-electron chi connectivity index (χ4n) is 1.33. The van der Waals surface area contributed by atoms with Crippen molar-refractivity contribution in [1.29, 1.82) is 0 Å². The molecule has 0 saturated carbocycles. The van der Waals surface area contributed by atoms with Gasteiger partial charge in [-0.1, -0.05) is 0 Å². The molecule has 1 unspecified atom stereocenters. The van der Waals surface area contributed by atoms with Gasteiger partial charge in [0, 0.05) is 0 Å². The van der Waals surface area contributed by atoms with Crippen molar-refractivity contribution >= 4 is 5.69 Å². The maximum Gasteiger partial charge on any atom is 0.314 e. The van der Waals surface area contributed by atoms with Crippen LogP contribution in [0.4, 0.5) is 5.69 Å². The van der Waals surface area contributed by atoms with Gasteiger partial charge < -0.3 is 14.2 Å². The first kappa shape index (κ1) is 11.7. The number of nitro benzene ring substituents is 1. The van der Waals surface area contributed by atoms with Crippen molar-refractivity contribution in [2.75, 3.05) is 20.3 Å². The summed E-state index contributed by atoms with van der Waals surface area (Å²) in [7, 11) is 1.46. The van der Waals surface area contributed by atoms with E-state index >= 15 is 0 Å². The van der Waals surface area contributed by atoms with Crippen molar-refractivity contribution in [2.24, 2.45) is 0 Å². The van der Waals surface area contributed by atoms with E-state index in [0.29, 0.717) is 19.0 Å². The predicted molar refractivity (Wildman–Crippen MR) is 59.5 cm³/mol. The third-order valence-corrected chi connectivity index (χ3v) is 2.53. The van der Waals surface area contributed by atoms with Crippen LogP contribution in [0.2, 0.25) is 0 Å². The van der Waals surface area contributed by atoms with Crippen molar-refractivity contribution in [3.8, 4) is 11.5 Å². The van der Waals surface area contributed by atoms with E-state index in [9.17, 15) is 10.1 Å². The molecule has 1 aliphatic heterocycles. The summed E-state index contributed by atoms with van der Waals surface area (Å²) in [5, 5.41) is 10.9. The summed E-state index contributed by atoms with van der Waals surface area (Å²) in [6.45, 7) is 2.82. The van der Waals surface area contributed by atoms with E-state index in [0.717, 1.165) is 0 Å². The van der Waals surface area contributed by atoms with Crippen LogP contribution < -0.4 is 9.47 Å². The summed E-state index contributed by atoms with van der Waals surface area (Å²) in [5.41, 5.74) is -0.401. The van der Waals surface area contributed by atoms with Crippen molar-refractivity contribution in [3.63, 3.8) is 0 Å². The molecule has 2 rings (SSSR count). The minimum atomic E-state index is -0.492. The van der Waals surface area contributed by atoms with Gasteiger partial charge in [-0.2, -0.15) is 0 Å². The molecule has 92 valence electrons. The lowest BCUT2D eigenvalue weighted by Gasteiger charge is -2.09. The van der Waals surface area contributed by atoms with Gasteiger partial charge in [-0.15, -0.1) is 0 Å². The zero-order valence-electron chi connectivity index (χ0n) is 9.63. The molecule has 0 amide bonds. The largest absolute Gasteiger partial charge is 0.496 e. The molecule has 0 bridgehead atoms. The number of hydrogen-bond donors (Lipinski definition) is 0. The number of nitrogens with zero attached hydrogens (tertiary/aromatic N) is 1. The summed E-state index contributed by atoms with van der Waals surface area (Å²) in [6, 6.07) is 4.49. The molecule has 0 aliphatic carbocycles. The van der Waals surface area contributed by atoms with Gasteiger partial charge in [0.1, 0.15) is 18.0 Å². The lowest BCUT2D eigenvalue weighted by atomic mass is 10.2. The Labute approximate surface area is 98.2 Å². The molecular formula is C11H13NO5. The Balaban J connectivity index is 2.16. The Bertz CT molecular complexity index is 441. The van der Waals surface area contributed by atoms with E-state index in [1.165, 1.54) is 19.2 Å². The van der Waals surface area contributed by atoms with E-state index in [4.69, 9.17) is 14.2 Å². The van der Waals surface area contributed by atoms with Crippen LogP contribution in [-0.2, 0) is 4.74 Å². The third-order valence-electron chi connectivity index (χ3n) is 2.53. The summed E-state index contributed by atoms with van der Waals surface area (Å²) >= 11 is 0. The minimum absolute atomic E-state index is 0.103. The maximum absolute atomic E-state index is 10.9. The average molecular weight is 239 g/mol. The van der Waals surface area contributed by atoms with Gasteiger partial charge in [-0.25, -0.2) is 0 Å². The second kappa shape index (κ2) is 4.21. The highest BCUT2D eigenvalue weighted by Gasteiger charge is 2.40. The highest BCUT2D eigenvalue weighted by molar-refractivity contribution is 5.50. The standard InChI is InChI=1S/C11H13NO5/c1-11(7-17-11)6-16-10-4-3-8(15-2)5-9(10)12(13)14/h3-5H,6-7H2,1-2H3. The Hall–Kier alpha value is -1.82. The normalized spacial score (nSPS) is 22.0. The van der Waals surface area contributed by atoms with Gasteiger partial charge in [0.25, 0.3) is 0 Å². The minimum Gasteiger partial charge on any atom is -0.496 e. The van der Waals surface area contributed by atoms with Crippen LogP contribution in [0.1, 0.15) is 6.92 Å². The second-order valence-corrected chi connectivity index (χ2v) is 4.12. The summed E-state index contributed by atoms with van der Waals surface area (Å²) < 4.78 is 15.5. The molecule has 6 heteroatoms. The molecule has 1 saturated heterocycles. The van der Waals surface area contributed by atoms with Crippen LogP contribution in [0.25, 0.3) is 0 Å². The fourth-order valence-corrected chi connectivity index (χ4v) is 1.33. The fraction of sp³-hybridized carbons (Fsp3) is 0.455. The number of benzene rings is 1. The quantitative estimate of drug-likeness (QED) is 0.444. The van der Waals surface area contributed by atoms with Crippen LogP contribution in [0, 0.1) is 10.1 Å². The Morgan fingerprint density at radius 1 is 1.59 bits per heavy atom. The van der Waals surface area contributed by atoms with E-state index < -0.39 is 4.92 Å². The van der Waals surface area contributed by atoms with Crippen LogP contribution in [0.5, 0.6) is 11.5 Å². The Morgan fingerprint density at radius 2 is 2.29 bits per heavy atom. The van der Waals surface area contributed by atoms with Crippen molar-refractivity contribution < 1.29 is 19.1 Å². The topological polar surface area (TPSA) is 74.1 Å². The van der Waals surface area contributed by atoms with E-state index in [-0.39, 0.29) is 17.0 Å². The Kier molecular flexibility index (Phi) is 2.89. The molecule has 1 heterocycles. The molecule has 1 aromatic rings. The highest BCUT2D eigenvalue weighted by Crippen LogP contribution is 2.33. The molecule has 1 fully saturated rings. The van der Waals surface area contributed by atoms with E-state index in [1.807, 2.05) is 6.92 Å². The van der Waals surface area contributed by atoms with Crippen LogP contribution in [0.3, 0.4) is 0 Å². The summed E-state index contributed by atoms with van der Waals surface area (Å²) in [5.74, 6) is 0.658. The molecule has 0 aromatic heterocycles. The molecule has 6 nitrogen and oxygen atoms in total. The van der Waals surface area contributed by atoms with Gasteiger partial charge in [0.15, 0.2) is 5.75 Å².